The van der Waals surface area contributed by atoms with Gasteiger partial charge >= 0.3 is 0 Å². The second-order valence-electron chi connectivity index (χ2n) is 2.85. The first kappa shape index (κ1) is 10.4. The number of aliphatic imine (C=N–C) groups is 1. The van der Waals surface area contributed by atoms with Crippen LogP contribution in [-0.4, -0.2) is 13.2 Å². The van der Waals surface area contributed by atoms with Gasteiger partial charge in [0.2, 0.25) is 6.08 Å². The first-order valence-corrected chi connectivity index (χ1v) is 4.05. The van der Waals surface area contributed by atoms with E-state index in [0.29, 0.717) is 5.56 Å². The van der Waals surface area contributed by atoms with E-state index in [0.717, 1.165) is 5.56 Å². The highest BCUT2D eigenvalue weighted by Crippen LogP contribution is 2.24. The number of carbonyl (C=O) groups excluding carboxylic acids is 1. The molecule has 0 saturated heterocycles. The van der Waals surface area contributed by atoms with Crippen LogP contribution in [0, 0.1) is 12.7 Å². The second-order valence-corrected chi connectivity index (χ2v) is 2.85. The fraction of sp³-hybridized carbons (Fsp3) is 0.300. The van der Waals surface area contributed by atoms with Crippen molar-refractivity contribution in [3.63, 3.8) is 0 Å². The van der Waals surface area contributed by atoms with Gasteiger partial charge in [0.05, 0.1) is 13.7 Å². The van der Waals surface area contributed by atoms with Crippen LogP contribution in [0.5, 0.6) is 5.75 Å². The van der Waals surface area contributed by atoms with E-state index in [1.807, 2.05) is 0 Å². The van der Waals surface area contributed by atoms with E-state index in [1.54, 1.807) is 13.0 Å². The Hall–Kier alpha value is -1.67. The smallest absolute Gasteiger partial charge is 0.235 e. The molecule has 0 amide bonds. The number of hydrogen-bond acceptors (Lipinski definition) is 3. The number of hydrogen-bond donors (Lipinski definition) is 0. The van der Waals surface area contributed by atoms with Crippen LogP contribution in [0.25, 0.3) is 0 Å². The van der Waals surface area contributed by atoms with E-state index >= 15 is 0 Å². The van der Waals surface area contributed by atoms with Gasteiger partial charge in [0.25, 0.3) is 0 Å². The lowest BCUT2D eigenvalue weighted by atomic mass is 10.1. The van der Waals surface area contributed by atoms with Gasteiger partial charge in [-0.15, -0.1) is 0 Å². The summed E-state index contributed by atoms with van der Waals surface area (Å²) >= 11 is 0. The average molecular weight is 195 g/mol. The molecule has 0 spiro atoms. The number of halogens is 1. The molecule has 4 heteroatoms. The predicted molar refractivity (Wildman–Crippen MR) is 49.5 cm³/mol. The topological polar surface area (TPSA) is 38.7 Å². The van der Waals surface area contributed by atoms with Crippen LogP contribution in [0.3, 0.4) is 0 Å². The fourth-order valence-electron chi connectivity index (χ4n) is 1.26. The largest absolute Gasteiger partial charge is 0.493 e. The third-order valence-electron chi connectivity index (χ3n) is 1.78. The molecule has 0 unspecified atom stereocenters. The Morgan fingerprint density at radius 2 is 2.29 bits per heavy atom. The van der Waals surface area contributed by atoms with Crippen molar-refractivity contribution in [2.45, 2.75) is 13.5 Å². The summed E-state index contributed by atoms with van der Waals surface area (Å²) in [5.41, 5.74) is 1.31. The van der Waals surface area contributed by atoms with E-state index in [-0.39, 0.29) is 12.3 Å². The van der Waals surface area contributed by atoms with Gasteiger partial charge in [-0.1, -0.05) is 6.07 Å². The summed E-state index contributed by atoms with van der Waals surface area (Å²) in [6.07, 6.45) is 1.40. The Labute approximate surface area is 81.2 Å². The predicted octanol–water partition coefficient (Wildman–Crippen LogP) is 1.98. The van der Waals surface area contributed by atoms with Crippen LogP contribution in [0.1, 0.15) is 11.1 Å². The van der Waals surface area contributed by atoms with Crippen molar-refractivity contribution in [3.05, 3.63) is 29.1 Å². The normalized spacial score (nSPS) is 9.36. The lowest BCUT2D eigenvalue weighted by molar-refractivity contribution is 0.381. The molecule has 14 heavy (non-hydrogen) atoms. The van der Waals surface area contributed by atoms with Crippen LogP contribution >= 0.6 is 0 Å². The highest BCUT2D eigenvalue weighted by Gasteiger charge is 2.09. The Morgan fingerprint density at radius 1 is 1.57 bits per heavy atom. The molecule has 0 aromatic heterocycles. The summed E-state index contributed by atoms with van der Waals surface area (Å²) in [4.78, 5) is 13.3. The first-order chi connectivity index (χ1) is 6.69. The zero-order valence-corrected chi connectivity index (χ0v) is 8.00. The molecule has 3 nitrogen and oxygen atoms in total. The first-order valence-electron chi connectivity index (χ1n) is 4.05. The SMILES string of the molecule is COc1c(F)cc(C)cc1CN=C=O. The highest BCUT2D eigenvalue weighted by atomic mass is 19.1. The monoisotopic (exact) mass is 195 g/mol. The molecule has 1 aromatic carbocycles. The van der Waals surface area contributed by atoms with Gasteiger partial charge in [-0.05, 0) is 18.6 Å². The minimum absolute atomic E-state index is 0.0886. The van der Waals surface area contributed by atoms with E-state index in [4.69, 9.17) is 4.74 Å². The number of isocyanates is 1. The lowest BCUT2D eigenvalue weighted by Crippen LogP contribution is -1.95. The lowest BCUT2D eigenvalue weighted by Gasteiger charge is -2.07. The molecule has 0 aliphatic rings. The zero-order valence-electron chi connectivity index (χ0n) is 8.00. The van der Waals surface area contributed by atoms with Crippen molar-refractivity contribution >= 4 is 6.08 Å². The summed E-state index contributed by atoms with van der Waals surface area (Å²) in [5.74, 6) is -0.307. The molecule has 0 N–H and O–H groups in total. The third kappa shape index (κ3) is 2.18. The van der Waals surface area contributed by atoms with Crippen LogP contribution in [0.15, 0.2) is 17.1 Å². The van der Waals surface area contributed by atoms with Crippen molar-refractivity contribution in [1.82, 2.24) is 0 Å². The summed E-state index contributed by atoms with van der Waals surface area (Å²) < 4.78 is 18.1. The molecule has 1 aromatic rings. The van der Waals surface area contributed by atoms with Gasteiger partial charge in [0, 0.05) is 5.56 Å². The van der Waals surface area contributed by atoms with Gasteiger partial charge in [0.1, 0.15) is 0 Å². The van der Waals surface area contributed by atoms with Crippen LogP contribution < -0.4 is 4.74 Å². The van der Waals surface area contributed by atoms with Crippen molar-refractivity contribution in [1.29, 1.82) is 0 Å². The van der Waals surface area contributed by atoms with Crippen LogP contribution in [0.2, 0.25) is 0 Å². The minimum atomic E-state index is -0.441. The van der Waals surface area contributed by atoms with Crippen molar-refractivity contribution < 1.29 is 13.9 Å². The Morgan fingerprint density at radius 3 is 2.86 bits per heavy atom. The van der Waals surface area contributed by atoms with E-state index < -0.39 is 5.82 Å². The van der Waals surface area contributed by atoms with Crippen molar-refractivity contribution in [2.24, 2.45) is 4.99 Å². The summed E-state index contributed by atoms with van der Waals surface area (Å²) in [6.45, 7) is 1.85. The quantitative estimate of drug-likeness (QED) is 0.546. The highest BCUT2D eigenvalue weighted by molar-refractivity contribution is 5.40. The Kier molecular flexibility index (Phi) is 3.37. The second kappa shape index (κ2) is 4.53. The summed E-state index contributed by atoms with van der Waals surface area (Å²) in [7, 11) is 1.38. The minimum Gasteiger partial charge on any atom is -0.493 e. The van der Waals surface area contributed by atoms with Crippen molar-refractivity contribution in [3.8, 4) is 5.75 Å². The van der Waals surface area contributed by atoms with E-state index in [1.165, 1.54) is 19.3 Å². The molecular formula is C10H10FNO2. The number of rotatable bonds is 3. The fourth-order valence-corrected chi connectivity index (χ4v) is 1.26. The maximum atomic E-state index is 13.3. The zero-order chi connectivity index (χ0) is 10.6. The van der Waals surface area contributed by atoms with Crippen molar-refractivity contribution in [2.75, 3.05) is 7.11 Å². The maximum absolute atomic E-state index is 13.3. The molecule has 0 atom stereocenters. The van der Waals surface area contributed by atoms with Gasteiger partial charge in [-0.25, -0.2) is 14.2 Å². The van der Waals surface area contributed by atoms with Gasteiger partial charge in [-0.2, -0.15) is 0 Å². The van der Waals surface area contributed by atoms with Gasteiger partial charge in [0.15, 0.2) is 11.6 Å². The average Bonchev–Trinajstić information content (AvgIpc) is 2.14. The molecule has 0 aliphatic carbocycles. The summed E-state index contributed by atoms with van der Waals surface area (Å²) in [6, 6.07) is 3.09. The van der Waals surface area contributed by atoms with Crippen LogP contribution in [0.4, 0.5) is 4.39 Å². The molecule has 1 rings (SSSR count). The molecule has 0 bridgehead atoms. The number of methoxy groups -OCH3 is 1. The maximum Gasteiger partial charge on any atom is 0.235 e. The molecule has 0 fully saturated rings. The number of ether oxygens (including phenoxy) is 1. The molecule has 74 valence electrons. The summed E-state index contributed by atoms with van der Waals surface area (Å²) in [5, 5.41) is 0. The third-order valence-corrected chi connectivity index (χ3v) is 1.78. The molecule has 0 heterocycles. The van der Waals surface area contributed by atoms with Gasteiger partial charge < -0.3 is 4.74 Å². The molecular weight excluding hydrogens is 185 g/mol. The standard InChI is InChI=1S/C10H10FNO2/c1-7-3-8(5-12-6-13)10(14-2)9(11)4-7/h3-4H,5H2,1-2H3. The van der Waals surface area contributed by atoms with E-state index in [2.05, 4.69) is 4.99 Å². The number of benzene rings is 1. The number of aryl methyl sites for hydroxylation is 1. The number of nitrogens with zero attached hydrogens (tertiary/aromatic N) is 1. The van der Waals surface area contributed by atoms with Crippen LogP contribution in [-0.2, 0) is 11.3 Å². The van der Waals surface area contributed by atoms with Gasteiger partial charge in [-0.3, -0.25) is 0 Å². The molecule has 0 aliphatic heterocycles. The molecule has 0 saturated carbocycles. The Bertz CT molecular complexity index is 384. The molecule has 0 radical (unpaired) electrons. The Balaban J connectivity index is 3.17. The van der Waals surface area contributed by atoms with E-state index in [9.17, 15) is 9.18 Å².